The molecule has 0 unspecified atom stereocenters. The first-order chi connectivity index (χ1) is 6.50. The van der Waals surface area contributed by atoms with Crippen LogP contribution in [0.5, 0.6) is 0 Å². The Labute approximate surface area is 90.3 Å². The molecule has 0 aromatic carbocycles. The van der Waals surface area contributed by atoms with E-state index in [0.29, 0.717) is 5.69 Å². The van der Waals surface area contributed by atoms with Crippen LogP contribution >= 0.6 is 15.9 Å². The summed E-state index contributed by atoms with van der Waals surface area (Å²) >= 11 is 3.31. The van der Waals surface area contributed by atoms with Crippen LogP contribution in [0.15, 0.2) is 16.7 Å². The van der Waals surface area contributed by atoms with Gasteiger partial charge in [0.2, 0.25) is 0 Å². The summed E-state index contributed by atoms with van der Waals surface area (Å²) in [5.41, 5.74) is 7.26. The van der Waals surface area contributed by atoms with Crippen molar-refractivity contribution in [1.82, 2.24) is 4.98 Å². The lowest BCUT2D eigenvalue weighted by Crippen LogP contribution is -2.16. The smallest absolute Gasteiger partial charge is 0.305 e. The maximum absolute atomic E-state index is 10.4. The summed E-state index contributed by atoms with van der Waals surface area (Å²) < 4.78 is 0.892. The van der Waals surface area contributed by atoms with Crippen LogP contribution in [-0.4, -0.2) is 16.1 Å². The van der Waals surface area contributed by atoms with E-state index in [0.717, 1.165) is 10.0 Å². The lowest BCUT2D eigenvalue weighted by molar-refractivity contribution is -0.137. The van der Waals surface area contributed by atoms with Crippen LogP contribution in [0.25, 0.3) is 0 Å². The summed E-state index contributed by atoms with van der Waals surface area (Å²) in [5, 5.41) is 8.55. The third-order valence-corrected chi connectivity index (χ3v) is 2.67. The molecule has 0 aliphatic rings. The highest BCUT2D eigenvalue weighted by Crippen LogP contribution is 2.19. The van der Waals surface area contributed by atoms with E-state index in [9.17, 15) is 4.79 Å². The van der Waals surface area contributed by atoms with Crippen molar-refractivity contribution < 1.29 is 9.90 Å². The first kappa shape index (κ1) is 11.1. The van der Waals surface area contributed by atoms with E-state index in [1.807, 2.05) is 6.92 Å². The van der Waals surface area contributed by atoms with Gasteiger partial charge in [0.25, 0.3) is 0 Å². The van der Waals surface area contributed by atoms with Crippen LogP contribution in [0.2, 0.25) is 0 Å². The Hall–Kier alpha value is -0.940. The fraction of sp³-hybridized carbons (Fsp3) is 0.333. The Balaban J connectivity index is 2.85. The number of aliphatic carboxylic acids is 1. The van der Waals surface area contributed by atoms with Gasteiger partial charge in [0, 0.05) is 10.7 Å². The Kier molecular flexibility index (Phi) is 3.60. The minimum Gasteiger partial charge on any atom is -0.481 e. The fourth-order valence-corrected chi connectivity index (χ4v) is 1.27. The quantitative estimate of drug-likeness (QED) is 0.864. The SMILES string of the molecule is Cc1cc([C@@H](N)CC(=O)O)ncc1Br. The zero-order valence-corrected chi connectivity index (χ0v) is 9.28. The van der Waals surface area contributed by atoms with Gasteiger partial charge in [-0.1, -0.05) is 0 Å². The number of nitrogens with zero attached hydrogens (tertiary/aromatic N) is 1. The molecule has 0 aliphatic heterocycles. The van der Waals surface area contributed by atoms with E-state index in [1.165, 1.54) is 0 Å². The van der Waals surface area contributed by atoms with Crippen molar-refractivity contribution in [2.24, 2.45) is 5.73 Å². The van der Waals surface area contributed by atoms with Crippen molar-refractivity contribution >= 4 is 21.9 Å². The second-order valence-electron chi connectivity index (χ2n) is 3.06. The predicted molar refractivity (Wildman–Crippen MR) is 55.9 cm³/mol. The molecule has 0 fully saturated rings. The van der Waals surface area contributed by atoms with Crippen molar-refractivity contribution in [3.05, 3.63) is 28.0 Å². The number of aryl methyl sites for hydroxylation is 1. The van der Waals surface area contributed by atoms with Crippen LogP contribution < -0.4 is 5.73 Å². The van der Waals surface area contributed by atoms with Gasteiger partial charge in [0.05, 0.1) is 18.2 Å². The first-order valence-corrected chi connectivity index (χ1v) is 4.89. The number of aromatic nitrogens is 1. The van der Waals surface area contributed by atoms with Gasteiger partial charge in [-0.15, -0.1) is 0 Å². The van der Waals surface area contributed by atoms with Gasteiger partial charge in [-0.2, -0.15) is 0 Å². The zero-order valence-electron chi connectivity index (χ0n) is 7.70. The normalized spacial score (nSPS) is 12.5. The lowest BCUT2D eigenvalue weighted by atomic mass is 10.1. The number of carbonyl (C=O) groups is 1. The molecule has 0 amide bonds. The molecule has 5 heteroatoms. The predicted octanol–water partition coefficient (Wildman–Crippen LogP) is 1.63. The first-order valence-electron chi connectivity index (χ1n) is 4.10. The van der Waals surface area contributed by atoms with E-state index < -0.39 is 12.0 Å². The molecule has 1 atom stereocenters. The maximum atomic E-state index is 10.4. The number of carboxylic acid groups (broad SMARTS) is 1. The maximum Gasteiger partial charge on any atom is 0.305 e. The number of hydrogen-bond acceptors (Lipinski definition) is 3. The van der Waals surface area contributed by atoms with Crippen molar-refractivity contribution in [3.63, 3.8) is 0 Å². The van der Waals surface area contributed by atoms with E-state index in [1.54, 1.807) is 12.3 Å². The van der Waals surface area contributed by atoms with Gasteiger partial charge in [0.1, 0.15) is 0 Å². The second kappa shape index (κ2) is 4.52. The van der Waals surface area contributed by atoms with Crippen molar-refractivity contribution in [1.29, 1.82) is 0 Å². The monoisotopic (exact) mass is 258 g/mol. The molecule has 0 saturated heterocycles. The van der Waals surface area contributed by atoms with Gasteiger partial charge in [-0.25, -0.2) is 0 Å². The molecule has 3 N–H and O–H groups in total. The third-order valence-electron chi connectivity index (χ3n) is 1.84. The molecule has 0 bridgehead atoms. The second-order valence-corrected chi connectivity index (χ2v) is 3.92. The topological polar surface area (TPSA) is 76.2 Å². The molecule has 1 aromatic rings. The van der Waals surface area contributed by atoms with Crippen molar-refractivity contribution in [2.75, 3.05) is 0 Å². The molecular weight excluding hydrogens is 248 g/mol. The highest BCUT2D eigenvalue weighted by molar-refractivity contribution is 9.10. The van der Waals surface area contributed by atoms with Gasteiger partial charge >= 0.3 is 5.97 Å². The summed E-state index contributed by atoms with van der Waals surface area (Å²) in [6, 6.07) is 1.25. The fourth-order valence-electron chi connectivity index (χ4n) is 1.06. The standard InChI is InChI=1S/C9H11BrN2O2/c1-5-2-8(12-4-6(5)10)7(11)3-9(13)14/h2,4,7H,3,11H2,1H3,(H,13,14)/t7-/m0/s1. The van der Waals surface area contributed by atoms with Gasteiger partial charge < -0.3 is 10.8 Å². The minimum atomic E-state index is -0.917. The van der Waals surface area contributed by atoms with Crippen LogP contribution in [0.3, 0.4) is 0 Å². The highest BCUT2D eigenvalue weighted by Gasteiger charge is 2.12. The summed E-state index contributed by atoms with van der Waals surface area (Å²) in [4.78, 5) is 14.5. The largest absolute Gasteiger partial charge is 0.481 e. The van der Waals surface area contributed by atoms with Gasteiger partial charge in [-0.05, 0) is 34.5 Å². The molecule has 14 heavy (non-hydrogen) atoms. The Morgan fingerprint density at radius 2 is 2.43 bits per heavy atom. The summed E-state index contributed by atoms with van der Waals surface area (Å²) in [6.07, 6.45) is 1.53. The number of hydrogen-bond donors (Lipinski definition) is 2. The van der Waals surface area contributed by atoms with E-state index in [2.05, 4.69) is 20.9 Å². The Morgan fingerprint density at radius 3 is 2.93 bits per heavy atom. The average molecular weight is 259 g/mol. The molecule has 1 heterocycles. The molecular formula is C9H11BrN2O2. The highest BCUT2D eigenvalue weighted by atomic mass is 79.9. The summed E-state index contributed by atoms with van der Waals surface area (Å²) in [6.45, 7) is 1.91. The number of pyridine rings is 1. The van der Waals surface area contributed by atoms with E-state index in [-0.39, 0.29) is 6.42 Å². The number of carboxylic acids is 1. The molecule has 0 saturated carbocycles. The Bertz CT molecular complexity index is 355. The van der Waals surface area contributed by atoms with Crippen LogP contribution in [-0.2, 0) is 4.79 Å². The molecule has 1 aromatic heterocycles. The molecule has 0 spiro atoms. The molecule has 0 radical (unpaired) electrons. The van der Waals surface area contributed by atoms with Gasteiger partial charge in [-0.3, -0.25) is 9.78 Å². The molecule has 0 aliphatic carbocycles. The summed E-state index contributed by atoms with van der Waals surface area (Å²) in [5.74, 6) is -0.917. The van der Waals surface area contributed by atoms with E-state index >= 15 is 0 Å². The number of halogens is 1. The van der Waals surface area contributed by atoms with E-state index in [4.69, 9.17) is 10.8 Å². The lowest BCUT2D eigenvalue weighted by Gasteiger charge is -2.09. The third kappa shape index (κ3) is 2.78. The average Bonchev–Trinajstić information content (AvgIpc) is 2.08. The zero-order chi connectivity index (χ0) is 10.7. The van der Waals surface area contributed by atoms with Gasteiger partial charge in [0.15, 0.2) is 0 Å². The summed E-state index contributed by atoms with van der Waals surface area (Å²) in [7, 11) is 0. The Morgan fingerprint density at radius 1 is 1.79 bits per heavy atom. The van der Waals surface area contributed by atoms with Crippen LogP contribution in [0.4, 0.5) is 0 Å². The van der Waals surface area contributed by atoms with Crippen LogP contribution in [0.1, 0.15) is 23.7 Å². The van der Waals surface area contributed by atoms with Crippen molar-refractivity contribution in [3.8, 4) is 0 Å². The molecule has 1 rings (SSSR count). The molecule has 76 valence electrons. The van der Waals surface area contributed by atoms with Crippen LogP contribution in [0, 0.1) is 6.92 Å². The molecule has 4 nitrogen and oxygen atoms in total. The number of rotatable bonds is 3. The van der Waals surface area contributed by atoms with Crippen molar-refractivity contribution in [2.45, 2.75) is 19.4 Å². The minimum absolute atomic E-state index is 0.103. The number of nitrogens with two attached hydrogens (primary N) is 1.